The molecule has 5 N–H and O–H groups in total. The predicted molar refractivity (Wildman–Crippen MR) is 70.2 cm³/mol. The highest BCUT2D eigenvalue weighted by molar-refractivity contribution is 5.72. The van der Waals surface area contributed by atoms with Crippen molar-refractivity contribution >= 4 is 12.1 Å². The van der Waals surface area contributed by atoms with E-state index < -0.39 is 23.7 Å². The number of aliphatic carboxylic acids is 1. The lowest BCUT2D eigenvalue weighted by Gasteiger charge is -2.16. The van der Waals surface area contributed by atoms with E-state index in [-0.39, 0.29) is 0 Å². The van der Waals surface area contributed by atoms with E-state index in [9.17, 15) is 9.59 Å². The first-order chi connectivity index (χ1) is 8.10. The van der Waals surface area contributed by atoms with Gasteiger partial charge in [0.2, 0.25) is 0 Å². The first kappa shape index (κ1) is 19.0. The van der Waals surface area contributed by atoms with Gasteiger partial charge in [-0.3, -0.25) is 4.79 Å². The molecule has 0 aliphatic heterocycles. The van der Waals surface area contributed by atoms with E-state index in [1.165, 1.54) is 0 Å². The van der Waals surface area contributed by atoms with E-state index in [1.807, 2.05) is 0 Å². The number of ether oxygens (including phenoxy) is 1. The van der Waals surface area contributed by atoms with E-state index >= 15 is 0 Å². The summed E-state index contributed by atoms with van der Waals surface area (Å²) in [6, 6.07) is -0.661. The van der Waals surface area contributed by atoms with Crippen LogP contribution in [0.4, 0.5) is 4.79 Å². The summed E-state index contributed by atoms with van der Waals surface area (Å²) in [5.41, 5.74) is 9.52. The molecule has 6 heteroatoms. The molecule has 0 radical (unpaired) electrons. The molecule has 0 aromatic carbocycles. The van der Waals surface area contributed by atoms with Gasteiger partial charge in [-0.15, -0.1) is 0 Å². The number of amides is 1. The third-order valence-corrected chi connectivity index (χ3v) is 1.84. The highest BCUT2D eigenvalue weighted by atomic mass is 16.6. The average molecular weight is 262 g/mol. The third kappa shape index (κ3) is 17.1. The number of carboxylic acids is 1. The van der Waals surface area contributed by atoms with E-state index in [1.54, 1.807) is 20.8 Å². The molecule has 1 amide bonds. The molecule has 0 aromatic rings. The number of carboxylic acid groups (broad SMARTS) is 1. The van der Waals surface area contributed by atoms with Crippen LogP contribution in [0, 0.1) is 0 Å². The van der Waals surface area contributed by atoms with Gasteiger partial charge in [0, 0.05) is 0 Å². The molecular formula is C12H26N2O4. The zero-order chi connectivity index (χ0) is 14.8. The van der Waals surface area contributed by atoms with Gasteiger partial charge in [-0.05, 0) is 27.2 Å². The summed E-state index contributed by atoms with van der Waals surface area (Å²) >= 11 is 0. The fraction of sp³-hybridized carbons (Fsp3) is 0.833. The molecule has 0 saturated carbocycles. The lowest BCUT2D eigenvalue weighted by molar-refractivity contribution is -0.138. The van der Waals surface area contributed by atoms with Gasteiger partial charge >= 0.3 is 12.1 Å². The van der Waals surface area contributed by atoms with Crippen molar-refractivity contribution in [3.05, 3.63) is 0 Å². The van der Waals surface area contributed by atoms with E-state index in [4.69, 9.17) is 16.6 Å². The van der Waals surface area contributed by atoms with Gasteiger partial charge in [-0.2, -0.15) is 0 Å². The van der Waals surface area contributed by atoms with Crippen LogP contribution in [-0.4, -0.2) is 28.8 Å². The lowest BCUT2D eigenvalue weighted by Crippen LogP contribution is -2.29. The van der Waals surface area contributed by atoms with Crippen LogP contribution >= 0.6 is 0 Å². The molecule has 0 bridgehead atoms. The Kier molecular flexibility index (Phi) is 10.3. The molecule has 1 atom stereocenters. The minimum atomic E-state index is -0.892. The van der Waals surface area contributed by atoms with Crippen molar-refractivity contribution in [2.75, 3.05) is 0 Å². The molecule has 0 saturated heterocycles. The van der Waals surface area contributed by atoms with E-state index in [0.717, 1.165) is 19.3 Å². The number of nitrogens with two attached hydrogens (primary N) is 2. The van der Waals surface area contributed by atoms with Crippen molar-refractivity contribution in [3.63, 3.8) is 0 Å². The molecule has 108 valence electrons. The second-order valence-electron chi connectivity index (χ2n) is 4.97. The predicted octanol–water partition coefficient (Wildman–Crippen LogP) is 1.86. The molecule has 0 aliphatic carbocycles. The van der Waals surface area contributed by atoms with Crippen LogP contribution in [0.5, 0.6) is 0 Å². The van der Waals surface area contributed by atoms with E-state index in [2.05, 4.69) is 11.7 Å². The molecule has 0 unspecified atom stereocenters. The Hall–Kier alpha value is -1.30. The van der Waals surface area contributed by atoms with Gasteiger partial charge in [0.1, 0.15) is 11.6 Å². The smallest absolute Gasteiger partial charge is 0.405 e. The normalized spacial score (nSPS) is 12.1. The maximum Gasteiger partial charge on any atom is 0.405 e. The Morgan fingerprint density at radius 3 is 2.00 bits per heavy atom. The molecule has 18 heavy (non-hydrogen) atoms. The molecule has 0 heterocycles. The van der Waals surface area contributed by atoms with Crippen LogP contribution in [0.1, 0.15) is 53.4 Å². The number of rotatable bonds is 5. The molecule has 0 aliphatic rings. The number of hydrogen-bond donors (Lipinski definition) is 3. The zero-order valence-electron chi connectivity index (χ0n) is 11.7. The Balaban J connectivity index is 0. The van der Waals surface area contributed by atoms with Gasteiger partial charge < -0.3 is 21.3 Å². The van der Waals surface area contributed by atoms with Crippen LogP contribution < -0.4 is 11.5 Å². The Morgan fingerprint density at radius 1 is 1.28 bits per heavy atom. The van der Waals surface area contributed by atoms with Crippen molar-refractivity contribution in [1.29, 1.82) is 0 Å². The fourth-order valence-electron chi connectivity index (χ4n) is 1.04. The monoisotopic (exact) mass is 262 g/mol. The third-order valence-electron chi connectivity index (χ3n) is 1.84. The molecule has 6 nitrogen and oxygen atoms in total. The highest BCUT2D eigenvalue weighted by Crippen LogP contribution is 2.04. The van der Waals surface area contributed by atoms with Crippen LogP contribution in [0.25, 0.3) is 0 Å². The van der Waals surface area contributed by atoms with Crippen LogP contribution in [0.15, 0.2) is 0 Å². The second-order valence-corrected chi connectivity index (χ2v) is 4.97. The van der Waals surface area contributed by atoms with E-state index in [0.29, 0.717) is 6.42 Å². The summed E-state index contributed by atoms with van der Waals surface area (Å²) in [6.07, 6.45) is 2.97. The van der Waals surface area contributed by atoms with Crippen LogP contribution in [0.2, 0.25) is 0 Å². The standard InChI is InChI=1S/C7H15NO2.C5H11NO2/c1-2-3-4-5-6(8)7(9)10;1-5(2,3)8-4(6)7/h6H,2-5,8H2,1H3,(H,9,10);1-3H3,(H2,6,7)/t6-;/m1./s1. The number of carbonyl (C=O) groups excluding carboxylic acids is 1. The number of carbonyl (C=O) groups is 2. The van der Waals surface area contributed by atoms with Crippen LogP contribution in [-0.2, 0) is 9.53 Å². The lowest BCUT2D eigenvalue weighted by atomic mass is 10.1. The van der Waals surface area contributed by atoms with Crippen molar-refractivity contribution < 1.29 is 19.4 Å². The first-order valence-electron chi connectivity index (χ1n) is 6.07. The maximum atomic E-state index is 10.2. The summed E-state index contributed by atoms with van der Waals surface area (Å²) in [4.78, 5) is 20.2. The van der Waals surface area contributed by atoms with Gasteiger partial charge in [0.05, 0.1) is 0 Å². The fourth-order valence-corrected chi connectivity index (χ4v) is 1.04. The van der Waals surface area contributed by atoms with Gasteiger partial charge in [-0.25, -0.2) is 4.79 Å². The highest BCUT2D eigenvalue weighted by Gasteiger charge is 2.12. The Labute approximate surface area is 109 Å². The minimum absolute atomic E-state index is 0.453. The molecule has 0 fully saturated rings. The van der Waals surface area contributed by atoms with Crippen molar-refractivity contribution in [2.45, 2.75) is 65.0 Å². The number of hydrogen-bond acceptors (Lipinski definition) is 4. The second kappa shape index (κ2) is 9.70. The SMILES string of the molecule is CC(C)(C)OC(N)=O.CCCCC[C@@H](N)C(=O)O. The zero-order valence-corrected chi connectivity index (χ0v) is 11.7. The minimum Gasteiger partial charge on any atom is -0.480 e. The molecule has 0 aromatic heterocycles. The van der Waals surface area contributed by atoms with Crippen molar-refractivity contribution in [2.24, 2.45) is 11.5 Å². The summed E-state index contributed by atoms with van der Waals surface area (Å²) in [5.74, 6) is -0.892. The topological polar surface area (TPSA) is 116 Å². The molecule has 0 rings (SSSR count). The van der Waals surface area contributed by atoms with Gasteiger partial charge in [0.15, 0.2) is 0 Å². The van der Waals surface area contributed by atoms with Crippen LogP contribution in [0.3, 0.4) is 0 Å². The summed E-state index contributed by atoms with van der Waals surface area (Å²) in [5, 5.41) is 8.36. The van der Waals surface area contributed by atoms with Gasteiger partial charge in [-0.1, -0.05) is 26.2 Å². The average Bonchev–Trinajstić information content (AvgIpc) is 2.14. The maximum absolute atomic E-state index is 10.2. The Morgan fingerprint density at radius 2 is 1.78 bits per heavy atom. The first-order valence-corrected chi connectivity index (χ1v) is 6.07. The Bertz CT molecular complexity index is 249. The molecule has 0 spiro atoms. The number of unbranched alkanes of at least 4 members (excludes halogenated alkanes) is 2. The largest absolute Gasteiger partial charge is 0.480 e. The summed E-state index contributed by atoms with van der Waals surface area (Å²) in [7, 11) is 0. The van der Waals surface area contributed by atoms with Gasteiger partial charge in [0.25, 0.3) is 0 Å². The van der Waals surface area contributed by atoms with Crippen molar-refractivity contribution in [1.82, 2.24) is 0 Å². The summed E-state index contributed by atoms with van der Waals surface area (Å²) in [6.45, 7) is 7.36. The quantitative estimate of drug-likeness (QED) is 0.654. The number of primary amides is 1. The molecular weight excluding hydrogens is 236 g/mol. The summed E-state index contributed by atoms with van der Waals surface area (Å²) < 4.78 is 4.58. The van der Waals surface area contributed by atoms with Crippen molar-refractivity contribution in [3.8, 4) is 0 Å².